The molecular weight excluding hydrogens is 457 g/mol. The van der Waals surface area contributed by atoms with E-state index in [-0.39, 0.29) is 24.9 Å². The number of halogens is 1. The highest BCUT2D eigenvalue weighted by atomic mass is 19.1. The van der Waals surface area contributed by atoms with Gasteiger partial charge in [0, 0.05) is 23.3 Å². The Kier molecular flexibility index (Phi) is 7.74. The lowest BCUT2D eigenvalue weighted by molar-refractivity contribution is -0.121. The number of anilines is 1. The molecule has 0 unspecified atom stereocenters. The molecule has 0 atom stereocenters. The number of hydrogen-bond acceptors (Lipinski definition) is 8. The van der Waals surface area contributed by atoms with Crippen molar-refractivity contribution in [2.24, 2.45) is 0 Å². The molecule has 10 heteroatoms. The molecule has 35 heavy (non-hydrogen) atoms. The van der Waals surface area contributed by atoms with Crippen LogP contribution in [0.4, 0.5) is 10.3 Å². The maximum absolute atomic E-state index is 13.1. The molecule has 0 spiro atoms. The lowest BCUT2D eigenvalue weighted by atomic mass is 10.1. The molecule has 4 aromatic rings. The number of nitrogens with zero attached hydrogens (tertiary/aromatic N) is 2. The van der Waals surface area contributed by atoms with Crippen molar-refractivity contribution in [2.75, 3.05) is 25.1 Å². The van der Waals surface area contributed by atoms with Crippen LogP contribution in [0, 0.1) is 5.82 Å². The summed E-state index contributed by atoms with van der Waals surface area (Å²) in [5.74, 6) is 1.14. The van der Waals surface area contributed by atoms with Gasteiger partial charge in [-0.15, -0.1) is 0 Å². The van der Waals surface area contributed by atoms with Crippen LogP contribution in [-0.4, -0.2) is 36.0 Å². The minimum Gasteiger partial charge on any atom is -0.490 e. The van der Waals surface area contributed by atoms with Crippen molar-refractivity contribution in [2.45, 2.75) is 20.5 Å². The van der Waals surface area contributed by atoms with Crippen molar-refractivity contribution in [3.63, 3.8) is 0 Å². The topological polar surface area (TPSA) is 109 Å². The number of benzene rings is 2. The van der Waals surface area contributed by atoms with Crippen LogP contribution in [0.2, 0.25) is 0 Å². The first-order valence-corrected chi connectivity index (χ1v) is 11.0. The van der Waals surface area contributed by atoms with Gasteiger partial charge in [0.1, 0.15) is 23.8 Å². The normalized spacial score (nSPS) is 10.8. The van der Waals surface area contributed by atoms with E-state index in [1.807, 2.05) is 19.9 Å². The molecule has 0 saturated carbocycles. The predicted octanol–water partition coefficient (Wildman–Crippen LogP) is 5.09. The van der Waals surface area contributed by atoms with Crippen molar-refractivity contribution < 1.29 is 32.4 Å². The van der Waals surface area contributed by atoms with Crippen LogP contribution in [0.1, 0.15) is 19.5 Å². The predicted molar refractivity (Wildman–Crippen MR) is 124 cm³/mol. The van der Waals surface area contributed by atoms with Crippen molar-refractivity contribution in [1.29, 1.82) is 0 Å². The van der Waals surface area contributed by atoms with Crippen LogP contribution in [0.5, 0.6) is 11.5 Å². The molecule has 182 valence electrons. The van der Waals surface area contributed by atoms with Crippen molar-refractivity contribution in [3.8, 4) is 34.1 Å². The minimum absolute atomic E-state index is 0.0617. The second-order valence-electron chi connectivity index (χ2n) is 7.33. The summed E-state index contributed by atoms with van der Waals surface area (Å²) in [6.45, 7) is 4.63. The van der Waals surface area contributed by atoms with Crippen LogP contribution in [0.25, 0.3) is 22.6 Å². The number of carbonyl (C=O) groups is 1. The Morgan fingerprint density at radius 1 is 0.914 bits per heavy atom. The van der Waals surface area contributed by atoms with Crippen LogP contribution in [0.15, 0.2) is 63.6 Å². The fourth-order valence-corrected chi connectivity index (χ4v) is 3.23. The van der Waals surface area contributed by atoms with Gasteiger partial charge >= 0.3 is 0 Å². The second-order valence-corrected chi connectivity index (χ2v) is 7.33. The summed E-state index contributed by atoms with van der Waals surface area (Å²) in [5, 5.41) is 10.5. The zero-order chi connectivity index (χ0) is 24.6. The lowest BCUT2D eigenvalue weighted by Gasteiger charge is -2.11. The fraction of sp³-hybridized carbons (Fsp3) is 0.240. The molecule has 0 radical (unpaired) electrons. The van der Waals surface area contributed by atoms with Crippen LogP contribution < -0.4 is 14.8 Å². The van der Waals surface area contributed by atoms with E-state index in [1.165, 1.54) is 12.1 Å². The van der Waals surface area contributed by atoms with Gasteiger partial charge in [-0.2, -0.15) is 0 Å². The van der Waals surface area contributed by atoms with Gasteiger partial charge in [0.05, 0.1) is 19.8 Å². The largest absolute Gasteiger partial charge is 0.490 e. The molecule has 0 bridgehead atoms. The summed E-state index contributed by atoms with van der Waals surface area (Å²) in [6, 6.07) is 14.6. The Bertz CT molecular complexity index is 1270. The molecular formula is C25H24FN3O6. The molecule has 2 aromatic heterocycles. The number of ether oxygens (including phenoxy) is 3. The smallest absolute Gasteiger partial charge is 0.252 e. The number of aromatic nitrogens is 2. The van der Waals surface area contributed by atoms with E-state index in [0.29, 0.717) is 47.4 Å². The minimum atomic E-state index is -0.420. The molecule has 0 aliphatic heterocycles. The van der Waals surface area contributed by atoms with Gasteiger partial charge in [0.15, 0.2) is 17.3 Å². The van der Waals surface area contributed by atoms with E-state index in [1.54, 1.807) is 36.4 Å². The fourth-order valence-electron chi connectivity index (χ4n) is 3.23. The Morgan fingerprint density at radius 3 is 2.43 bits per heavy atom. The molecule has 9 nitrogen and oxygen atoms in total. The zero-order valence-electron chi connectivity index (χ0n) is 19.2. The van der Waals surface area contributed by atoms with E-state index in [9.17, 15) is 9.18 Å². The number of nitrogens with one attached hydrogen (secondary N) is 1. The highest BCUT2D eigenvalue weighted by Crippen LogP contribution is 2.33. The quantitative estimate of drug-likeness (QED) is 0.316. The number of carbonyl (C=O) groups excluding carboxylic acids is 1. The second kappa shape index (κ2) is 11.3. The monoisotopic (exact) mass is 481 g/mol. The summed E-state index contributed by atoms with van der Waals surface area (Å²) < 4.78 is 40.1. The summed E-state index contributed by atoms with van der Waals surface area (Å²) in [4.78, 5) is 12.2. The van der Waals surface area contributed by atoms with E-state index in [2.05, 4.69) is 15.6 Å². The van der Waals surface area contributed by atoms with Gasteiger partial charge in [-0.25, -0.2) is 4.39 Å². The SMILES string of the molecule is CCOc1ccc(-c2cc(NC(=O)COCc3cc(-c4ccc(F)cc4)on3)on2)cc1OCC. The van der Waals surface area contributed by atoms with Gasteiger partial charge in [-0.1, -0.05) is 10.3 Å². The highest BCUT2D eigenvalue weighted by Gasteiger charge is 2.14. The summed E-state index contributed by atoms with van der Waals surface area (Å²) in [5.41, 5.74) is 2.46. The zero-order valence-corrected chi connectivity index (χ0v) is 19.2. The first-order chi connectivity index (χ1) is 17.1. The maximum Gasteiger partial charge on any atom is 0.252 e. The van der Waals surface area contributed by atoms with Crippen molar-refractivity contribution in [1.82, 2.24) is 10.3 Å². The van der Waals surface area contributed by atoms with Crippen LogP contribution >= 0.6 is 0 Å². The van der Waals surface area contributed by atoms with Crippen LogP contribution in [-0.2, 0) is 16.1 Å². The van der Waals surface area contributed by atoms with Crippen LogP contribution in [0.3, 0.4) is 0 Å². The van der Waals surface area contributed by atoms with Crippen molar-refractivity contribution >= 4 is 11.8 Å². The van der Waals surface area contributed by atoms with Gasteiger partial charge in [0.25, 0.3) is 5.91 Å². The molecule has 0 fully saturated rings. The Hall–Kier alpha value is -4.18. The maximum atomic E-state index is 13.1. The third kappa shape index (κ3) is 6.24. The summed E-state index contributed by atoms with van der Waals surface area (Å²) in [6.07, 6.45) is 0. The molecule has 0 aliphatic carbocycles. The highest BCUT2D eigenvalue weighted by molar-refractivity contribution is 5.90. The molecule has 1 amide bonds. The van der Waals surface area contributed by atoms with E-state index in [0.717, 1.165) is 5.56 Å². The third-order valence-corrected chi connectivity index (χ3v) is 4.78. The molecule has 2 heterocycles. The van der Waals surface area contributed by atoms with Gasteiger partial charge in [0.2, 0.25) is 5.88 Å². The first kappa shape index (κ1) is 24.0. The van der Waals surface area contributed by atoms with Gasteiger partial charge in [-0.05, 0) is 56.3 Å². The Morgan fingerprint density at radius 2 is 1.66 bits per heavy atom. The van der Waals surface area contributed by atoms with E-state index < -0.39 is 5.91 Å². The molecule has 1 N–H and O–H groups in total. The average molecular weight is 481 g/mol. The van der Waals surface area contributed by atoms with E-state index in [4.69, 9.17) is 23.3 Å². The van der Waals surface area contributed by atoms with Gasteiger partial charge in [-0.3, -0.25) is 10.1 Å². The lowest BCUT2D eigenvalue weighted by Crippen LogP contribution is -2.17. The van der Waals surface area contributed by atoms with Crippen molar-refractivity contribution in [3.05, 3.63) is 66.1 Å². The number of rotatable bonds is 11. The molecule has 4 rings (SSSR count). The first-order valence-electron chi connectivity index (χ1n) is 11.0. The van der Waals surface area contributed by atoms with Gasteiger partial charge < -0.3 is 23.3 Å². The summed E-state index contributed by atoms with van der Waals surface area (Å²) in [7, 11) is 0. The standard InChI is InChI=1S/C25H24FN3O6/c1-3-32-21-10-7-17(11-23(21)33-4-2)20-13-25(35-29-20)27-24(30)15-31-14-19-12-22(34-28-19)16-5-8-18(26)9-6-16/h5-13H,3-4,14-15H2,1-2H3,(H,27,30). The Balaban J connectivity index is 1.29. The molecule has 2 aromatic carbocycles. The Labute approximate surface area is 200 Å². The van der Waals surface area contributed by atoms with E-state index >= 15 is 0 Å². The molecule has 0 aliphatic rings. The third-order valence-electron chi connectivity index (χ3n) is 4.78. The number of amides is 1. The number of hydrogen-bond donors (Lipinski definition) is 1. The molecule has 0 saturated heterocycles. The average Bonchev–Trinajstić information content (AvgIpc) is 3.51. The summed E-state index contributed by atoms with van der Waals surface area (Å²) >= 11 is 0.